The third kappa shape index (κ3) is 4.65. The Bertz CT molecular complexity index is 598. The van der Waals surface area contributed by atoms with Gasteiger partial charge >= 0.3 is 12.0 Å². The monoisotopic (exact) mass is 365 g/mol. The molecule has 2 amide bonds. The Morgan fingerprint density at radius 2 is 1.72 bits per heavy atom. The molecule has 0 unspecified atom stereocenters. The van der Waals surface area contributed by atoms with Crippen molar-refractivity contribution < 1.29 is 19.4 Å². The van der Waals surface area contributed by atoms with Gasteiger partial charge in [-0.15, -0.1) is 0 Å². The van der Waals surface area contributed by atoms with Crippen molar-refractivity contribution in [3.8, 4) is 0 Å². The summed E-state index contributed by atoms with van der Waals surface area (Å²) in [6.07, 6.45) is 0. The quantitative estimate of drug-likeness (QED) is 0.846. The van der Waals surface area contributed by atoms with Gasteiger partial charge in [-0.2, -0.15) is 11.8 Å². The second kappa shape index (κ2) is 8.55. The Kier molecular flexibility index (Phi) is 6.17. The molecule has 3 rings (SSSR count). The molecule has 0 bridgehead atoms. The van der Waals surface area contributed by atoms with E-state index in [0.717, 1.165) is 30.2 Å². The first-order valence-corrected chi connectivity index (χ1v) is 9.59. The van der Waals surface area contributed by atoms with Crippen molar-refractivity contribution in [1.29, 1.82) is 0 Å². The number of carboxylic acids is 1. The molecule has 2 fully saturated rings. The van der Waals surface area contributed by atoms with Crippen molar-refractivity contribution in [1.82, 2.24) is 9.80 Å². The predicted molar refractivity (Wildman–Crippen MR) is 97.1 cm³/mol. The SMILES string of the molecule is O=C(O)[C@@H](c1ccc(NC(=O)N2CCOCC2)cc1)N1CCSCC1. The number of nitrogens with zero attached hydrogens (tertiary/aromatic N) is 2. The lowest BCUT2D eigenvalue weighted by Crippen LogP contribution is -2.43. The molecule has 0 aliphatic carbocycles. The van der Waals surface area contributed by atoms with Gasteiger partial charge in [0.25, 0.3) is 0 Å². The minimum atomic E-state index is -0.836. The van der Waals surface area contributed by atoms with Crippen molar-refractivity contribution in [3.05, 3.63) is 29.8 Å². The van der Waals surface area contributed by atoms with Crippen LogP contribution >= 0.6 is 11.8 Å². The third-order valence-corrected chi connectivity index (χ3v) is 5.36. The number of thioether (sulfide) groups is 1. The summed E-state index contributed by atoms with van der Waals surface area (Å²) < 4.78 is 5.24. The van der Waals surface area contributed by atoms with Crippen LogP contribution in [0.3, 0.4) is 0 Å². The maximum atomic E-state index is 12.2. The molecule has 1 aromatic rings. The zero-order valence-corrected chi connectivity index (χ0v) is 14.8. The smallest absolute Gasteiger partial charge is 0.325 e. The third-order valence-electron chi connectivity index (χ3n) is 4.42. The Hall–Kier alpha value is -1.77. The van der Waals surface area contributed by atoms with Gasteiger partial charge in [-0.05, 0) is 17.7 Å². The second-order valence-corrected chi connectivity index (χ2v) is 7.27. The number of amides is 2. The number of morpholine rings is 1. The van der Waals surface area contributed by atoms with Gasteiger partial charge in [0.2, 0.25) is 0 Å². The van der Waals surface area contributed by atoms with Crippen LogP contribution in [0, 0.1) is 0 Å². The predicted octanol–water partition coefficient (Wildman–Crippen LogP) is 1.73. The average Bonchev–Trinajstić information content (AvgIpc) is 2.65. The van der Waals surface area contributed by atoms with Gasteiger partial charge in [-0.25, -0.2) is 4.79 Å². The number of rotatable bonds is 4. The molecule has 2 aliphatic heterocycles. The fourth-order valence-corrected chi connectivity index (χ4v) is 3.99. The van der Waals surface area contributed by atoms with Gasteiger partial charge < -0.3 is 20.1 Å². The van der Waals surface area contributed by atoms with Crippen LogP contribution in [0.4, 0.5) is 10.5 Å². The summed E-state index contributed by atoms with van der Waals surface area (Å²) in [4.78, 5) is 27.6. The normalized spacial score (nSPS) is 20.1. The van der Waals surface area contributed by atoms with E-state index in [4.69, 9.17) is 4.74 Å². The second-order valence-electron chi connectivity index (χ2n) is 6.04. The number of hydrogen-bond donors (Lipinski definition) is 2. The van der Waals surface area contributed by atoms with E-state index in [0.29, 0.717) is 32.0 Å². The molecule has 136 valence electrons. The molecule has 7 nitrogen and oxygen atoms in total. The van der Waals surface area contributed by atoms with E-state index in [2.05, 4.69) is 5.32 Å². The lowest BCUT2D eigenvalue weighted by atomic mass is 10.0. The maximum Gasteiger partial charge on any atom is 0.325 e. The van der Waals surface area contributed by atoms with Crippen LogP contribution in [0.25, 0.3) is 0 Å². The zero-order valence-electron chi connectivity index (χ0n) is 14.0. The summed E-state index contributed by atoms with van der Waals surface area (Å²) in [7, 11) is 0. The first-order chi connectivity index (χ1) is 12.1. The van der Waals surface area contributed by atoms with Crippen LogP contribution in [0.15, 0.2) is 24.3 Å². The van der Waals surface area contributed by atoms with Crippen LogP contribution in [-0.2, 0) is 9.53 Å². The fraction of sp³-hybridized carbons (Fsp3) is 0.529. The number of urea groups is 1. The minimum absolute atomic E-state index is 0.154. The summed E-state index contributed by atoms with van der Waals surface area (Å²) in [5.41, 5.74) is 1.40. The number of hydrogen-bond acceptors (Lipinski definition) is 5. The lowest BCUT2D eigenvalue weighted by Gasteiger charge is -2.32. The molecule has 0 spiro atoms. The topological polar surface area (TPSA) is 82.1 Å². The van der Waals surface area contributed by atoms with Crippen molar-refractivity contribution >= 4 is 29.4 Å². The van der Waals surface area contributed by atoms with Gasteiger partial charge in [0.15, 0.2) is 0 Å². The molecule has 0 saturated carbocycles. The van der Waals surface area contributed by atoms with E-state index >= 15 is 0 Å². The molecule has 2 aliphatic rings. The zero-order chi connectivity index (χ0) is 17.6. The molecule has 2 saturated heterocycles. The van der Waals surface area contributed by atoms with E-state index in [9.17, 15) is 14.7 Å². The van der Waals surface area contributed by atoms with Crippen LogP contribution in [-0.4, -0.2) is 77.8 Å². The van der Waals surface area contributed by atoms with Crippen LogP contribution in [0.5, 0.6) is 0 Å². The number of carbonyl (C=O) groups is 2. The van der Waals surface area contributed by atoms with Crippen molar-refractivity contribution in [2.24, 2.45) is 0 Å². The molecular formula is C17H23N3O4S. The number of aliphatic carboxylic acids is 1. The highest BCUT2D eigenvalue weighted by Crippen LogP contribution is 2.25. The highest BCUT2D eigenvalue weighted by molar-refractivity contribution is 7.99. The van der Waals surface area contributed by atoms with E-state index in [-0.39, 0.29) is 6.03 Å². The van der Waals surface area contributed by atoms with Gasteiger partial charge in [0, 0.05) is 43.4 Å². The molecule has 0 aromatic heterocycles. The number of ether oxygens (including phenoxy) is 1. The van der Waals surface area contributed by atoms with Crippen molar-refractivity contribution in [2.75, 3.05) is 56.2 Å². The van der Waals surface area contributed by atoms with Crippen LogP contribution in [0.2, 0.25) is 0 Å². The Balaban J connectivity index is 1.65. The highest BCUT2D eigenvalue weighted by atomic mass is 32.2. The fourth-order valence-electron chi connectivity index (χ4n) is 3.06. The van der Waals surface area contributed by atoms with Gasteiger partial charge in [0.05, 0.1) is 13.2 Å². The summed E-state index contributed by atoms with van der Waals surface area (Å²) in [5.74, 6) is 1.08. The molecule has 25 heavy (non-hydrogen) atoms. The highest BCUT2D eigenvalue weighted by Gasteiger charge is 2.28. The summed E-state index contributed by atoms with van der Waals surface area (Å²) >= 11 is 1.85. The minimum Gasteiger partial charge on any atom is -0.480 e. The Labute approximate surface area is 151 Å². The van der Waals surface area contributed by atoms with Gasteiger partial charge in [0.1, 0.15) is 6.04 Å². The Morgan fingerprint density at radius 3 is 2.32 bits per heavy atom. The van der Waals surface area contributed by atoms with E-state index in [1.807, 2.05) is 16.7 Å². The molecule has 0 radical (unpaired) electrons. The van der Waals surface area contributed by atoms with Crippen molar-refractivity contribution in [3.63, 3.8) is 0 Å². The summed E-state index contributed by atoms with van der Waals surface area (Å²) in [6, 6.07) is 6.32. The Morgan fingerprint density at radius 1 is 1.08 bits per heavy atom. The number of nitrogens with one attached hydrogen (secondary N) is 1. The van der Waals surface area contributed by atoms with E-state index < -0.39 is 12.0 Å². The molecule has 1 aromatic carbocycles. The van der Waals surface area contributed by atoms with Crippen LogP contribution < -0.4 is 5.32 Å². The standard InChI is InChI=1S/C17H23N3O4S/c21-16(22)15(19-7-11-25-12-8-19)13-1-3-14(4-2-13)18-17(23)20-5-9-24-10-6-20/h1-4,15H,5-12H2,(H,18,23)(H,21,22)/t15-/m1/s1. The molecule has 2 heterocycles. The summed E-state index contributed by atoms with van der Waals surface area (Å²) in [6.45, 7) is 3.83. The van der Waals surface area contributed by atoms with E-state index in [1.54, 1.807) is 29.2 Å². The summed E-state index contributed by atoms with van der Waals surface area (Å²) in [5, 5.41) is 12.5. The molecule has 1 atom stereocenters. The maximum absolute atomic E-state index is 12.2. The molecule has 8 heteroatoms. The number of carboxylic acid groups (broad SMARTS) is 1. The van der Waals surface area contributed by atoms with Crippen molar-refractivity contribution in [2.45, 2.75) is 6.04 Å². The molecule has 2 N–H and O–H groups in total. The van der Waals surface area contributed by atoms with Crippen LogP contribution in [0.1, 0.15) is 11.6 Å². The van der Waals surface area contributed by atoms with E-state index in [1.165, 1.54) is 0 Å². The number of carbonyl (C=O) groups excluding carboxylic acids is 1. The first-order valence-electron chi connectivity index (χ1n) is 8.43. The largest absolute Gasteiger partial charge is 0.480 e. The van der Waals surface area contributed by atoms with Gasteiger partial charge in [-0.3, -0.25) is 9.69 Å². The lowest BCUT2D eigenvalue weighted by molar-refractivity contribution is -0.143. The number of benzene rings is 1. The average molecular weight is 365 g/mol. The van der Waals surface area contributed by atoms with Gasteiger partial charge in [-0.1, -0.05) is 12.1 Å². The molecular weight excluding hydrogens is 342 g/mol. The first kappa shape index (κ1) is 18.0. The number of anilines is 1.